The first-order chi connectivity index (χ1) is 19.1. The topological polar surface area (TPSA) is 36.8 Å². The lowest BCUT2D eigenvalue weighted by molar-refractivity contribution is 0.660. The fourth-order valence-corrected chi connectivity index (χ4v) is 5.82. The van der Waals surface area contributed by atoms with Crippen molar-refractivity contribution in [3.05, 3.63) is 155 Å². The third-order valence-electron chi connectivity index (χ3n) is 7.96. The summed E-state index contributed by atoms with van der Waals surface area (Å²) in [6.45, 7) is 4.65. The molecule has 1 aliphatic carbocycles. The van der Waals surface area contributed by atoms with Crippen LogP contribution in [0.1, 0.15) is 47.8 Å². The van der Waals surface area contributed by atoms with Gasteiger partial charge < -0.3 is 5.32 Å². The molecule has 0 bridgehead atoms. The number of nitrogens with one attached hydrogen (secondary N) is 1. The molecule has 3 heteroatoms. The summed E-state index contributed by atoms with van der Waals surface area (Å²) < 4.78 is 0. The zero-order valence-electron chi connectivity index (χ0n) is 22.1. The van der Waals surface area contributed by atoms with Crippen molar-refractivity contribution in [3.63, 3.8) is 0 Å². The third kappa shape index (κ3) is 4.07. The highest BCUT2D eigenvalue weighted by Crippen LogP contribution is 2.49. The van der Waals surface area contributed by atoms with E-state index in [2.05, 4.69) is 110 Å². The van der Waals surface area contributed by atoms with Crippen LogP contribution in [0.3, 0.4) is 0 Å². The van der Waals surface area contributed by atoms with Gasteiger partial charge in [0.15, 0.2) is 5.84 Å². The lowest BCUT2D eigenvalue weighted by Crippen LogP contribution is -2.33. The Bertz CT molecular complexity index is 1730. The van der Waals surface area contributed by atoms with Crippen LogP contribution >= 0.6 is 0 Å². The lowest BCUT2D eigenvalue weighted by Gasteiger charge is -2.24. The average Bonchev–Trinajstić information content (AvgIpc) is 3.24. The Hall–Kier alpha value is -4.76. The van der Waals surface area contributed by atoms with Crippen LogP contribution in [-0.2, 0) is 5.41 Å². The monoisotopic (exact) mass is 503 g/mol. The van der Waals surface area contributed by atoms with Crippen LogP contribution in [0, 0.1) is 0 Å². The van der Waals surface area contributed by atoms with E-state index in [9.17, 15) is 0 Å². The molecule has 188 valence electrons. The maximum absolute atomic E-state index is 5.01. The van der Waals surface area contributed by atoms with Crippen molar-refractivity contribution in [3.8, 4) is 22.3 Å². The number of amidine groups is 2. The predicted octanol–water partition coefficient (Wildman–Crippen LogP) is 8.16. The van der Waals surface area contributed by atoms with E-state index in [-0.39, 0.29) is 11.6 Å². The predicted molar refractivity (Wildman–Crippen MR) is 161 cm³/mol. The molecule has 0 amide bonds. The van der Waals surface area contributed by atoms with Crippen LogP contribution in [0.4, 0.5) is 0 Å². The van der Waals surface area contributed by atoms with Gasteiger partial charge in [0, 0.05) is 16.5 Å². The Labute approximate surface area is 229 Å². The highest BCUT2D eigenvalue weighted by atomic mass is 15.2. The van der Waals surface area contributed by atoms with Gasteiger partial charge >= 0.3 is 0 Å². The van der Waals surface area contributed by atoms with Crippen molar-refractivity contribution in [2.45, 2.75) is 25.4 Å². The molecule has 2 aliphatic rings. The van der Waals surface area contributed by atoms with E-state index in [0.717, 1.165) is 28.4 Å². The molecule has 7 rings (SSSR count). The van der Waals surface area contributed by atoms with Crippen molar-refractivity contribution < 1.29 is 0 Å². The first-order valence-electron chi connectivity index (χ1n) is 13.5. The molecule has 5 aromatic rings. The number of aliphatic imine (C=N–C) groups is 2. The maximum atomic E-state index is 5.01. The average molecular weight is 504 g/mol. The number of hydrogen-bond donors (Lipinski definition) is 1. The molecule has 1 N–H and O–H groups in total. The van der Waals surface area contributed by atoms with E-state index in [0.29, 0.717) is 0 Å². The van der Waals surface area contributed by atoms with E-state index in [4.69, 9.17) is 9.98 Å². The second-order valence-electron chi connectivity index (χ2n) is 10.7. The Kier molecular flexibility index (Phi) is 5.52. The molecule has 0 saturated heterocycles. The van der Waals surface area contributed by atoms with Crippen LogP contribution in [0.25, 0.3) is 22.3 Å². The van der Waals surface area contributed by atoms with E-state index in [1.807, 2.05) is 36.4 Å². The molecule has 5 aromatic carbocycles. The Balaban J connectivity index is 1.22. The highest BCUT2D eigenvalue weighted by Gasteiger charge is 2.35. The van der Waals surface area contributed by atoms with Gasteiger partial charge in [0.05, 0.1) is 0 Å². The van der Waals surface area contributed by atoms with Gasteiger partial charge in [-0.3, -0.25) is 0 Å². The number of benzene rings is 5. The first-order valence-corrected chi connectivity index (χ1v) is 13.5. The van der Waals surface area contributed by atoms with Crippen molar-refractivity contribution in [1.29, 1.82) is 0 Å². The van der Waals surface area contributed by atoms with Crippen molar-refractivity contribution in [2.75, 3.05) is 0 Å². The molecule has 1 aliphatic heterocycles. The van der Waals surface area contributed by atoms with E-state index < -0.39 is 0 Å². The highest BCUT2D eigenvalue weighted by molar-refractivity contribution is 6.13. The molecular formula is C36H29N3. The molecule has 0 fully saturated rings. The van der Waals surface area contributed by atoms with Crippen LogP contribution < -0.4 is 5.32 Å². The summed E-state index contributed by atoms with van der Waals surface area (Å²) in [5.41, 5.74) is 11.1. The Morgan fingerprint density at radius 2 is 1.18 bits per heavy atom. The quantitative estimate of drug-likeness (QED) is 0.264. The summed E-state index contributed by atoms with van der Waals surface area (Å²) in [6, 6.07) is 44.9. The van der Waals surface area contributed by atoms with Crippen molar-refractivity contribution >= 4 is 11.7 Å². The molecule has 39 heavy (non-hydrogen) atoms. The van der Waals surface area contributed by atoms with Gasteiger partial charge in [-0.1, -0.05) is 135 Å². The molecule has 0 radical (unpaired) electrons. The number of nitrogens with zero attached hydrogens (tertiary/aromatic N) is 2. The Morgan fingerprint density at radius 3 is 1.92 bits per heavy atom. The molecule has 1 atom stereocenters. The lowest BCUT2D eigenvalue weighted by atomic mass is 9.81. The van der Waals surface area contributed by atoms with Crippen LogP contribution in [0.2, 0.25) is 0 Å². The van der Waals surface area contributed by atoms with Crippen LogP contribution in [0.5, 0.6) is 0 Å². The largest absolute Gasteiger partial charge is 0.344 e. The van der Waals surface area contributed by atoms with Gasteiger partial charge in [0.25, 0.3) is 0 Å². The van der Waals surface area contributed by atoms with Crippen molar-refractivity contribution in [2.24, 2.45) is 9.98 Å². The third-order valence-corrected chi connectivity index (χ3v) is 7.96. The summed E-state index contributed by atoms with van der Waals surface area (Å²) in [7, 11) is 0. The summed E-state index contributed by atoms with van der Waals surface area (Å²) >= 11 is 0. The first kappa shape index (κ1) is 23.4. The Morgan fingerprint density at radius 1 is 0.564 bits per heavy atom. The zero-order chi connectivity index (χ0) is 26.4. The zero-order valence-corrected chi connectivity index (χ0v) is 22.1. The van der Waals surface area contributed by atoms with Gasteiger partial charge in [-0.2, -0.15) is 0 Å². The molecule has 0 saturated carbocycles. The summed E-state index contributed by atoms with van der Waals surface area (Å²) in [6.07, 6.45) is -0.226. The minimum absolute atomic E-state index is 0.0103. The number of rotatable bonds is 4. The normalized spacial score (nSPS) is 16.9. The molecular weight excluding hydrogens is 474 g/mol. The van der Waals surface area contributed by atoms with Crippen LogP contribution in [-0.4, -0.2) is 11.7 Å². The minimum atomic E-state index is -0.226. The standard InChI is InChI=1S/C36H29N3/c1-36(2)31-16-10-9-15-29(31)30-22-21-28(23-32(30)36)24-17-19-27(20-18-24)35-38-33(25-11-5-3-6-12-25)37-34(39-35)26-13-7-4-8-14-26/h3-23,35H,1-2H3,(H,37,38,39). The van der Waals surface area contributed by atoms with E-state index in [1.54, 1.807) is 0 Å². The van der Waals surface area contributed by atoms with Gasteiger partial charge in [0.1, 0.15) is 12.0 Å². The van der Waals surface area contributed by atoms with Gasteiger partial charge in [-0.15, -0.1) is 0 Å². The second kappa shape index (κ2) is 9.21. The smallest absolute Gasteiger partial charge is 0.159 e. The minimum Gasteiger partial charge on any atom is -0.344 e. The number of hydrogen-bond acceptors (Lipinski definition) is 3. The fraction of sp³-hybridized carbons (Fsp3) is 0.111. The SMILES string of the molecule is CC1(C)c2ccccc2-c2ccc(-c3ccc(C4N=C(c5ccccc5)N=C(c5ccccc5)N4)cc3)cc21. The van der Waals surface area contributed by atoms with Gasteiger partial charge in [0.2, 0.25) is 0 Å². The summed E-state index contributed by atoms with van der Waals surface area (Å²) in [5.74, 6) is 1.57. The van der Waals surface area contributed by atoms with Crippen molar-refractivity contribution in [1.82, 2.24) is 5.32 Å². The molecule has 1 unspecified atom stereocenters. The van der Waals surface area contributed by atoms with Gasteiger partial charge in [-0.05, 0) is 45.0 Å². The summed E-state index contributed by atoms with van der Waals surface area (Å²) in [5, 5.41) is 3.56. The summed E-state index contributed by atoms with van der Waals surface area (Å²) in [4.78, 5) is 9.89. The maximum Gasteiger partial charge on any atom is 0.159 e. The molecule has 0 aromatic heterocycles. The molecule has 0 spiro atoms. The fourth-order valence-electron chi connectivity index (χ4n) is 5.82. The number of fused-ring (bicyclic) bond motifs is 3. The van der Waals surface area contributed by atoms with E-state index >= 15 is 0 Å². The van der Waals surface area contributed by atoms with E-state index in [1.165, 1.54) is 33.4 Å². The second-order valence-corrected chi connectivity index (χ2v) is 10.7. The van der Waals surface area contributed by atoms with Gasteiger partial charge in [-0.25, -0.2) is 9.98 Å². The molecule has 3 nitrogen and oxygen atoms in total. The molecule has 1 heterocycles. The van der Waals surface area contributed by atoms with Crippen LogP contribution in [0.15, 0.2) is 137 Å².